The first-order chi connectivity index (χ1) is 16.5. The van der Waals surface area contributed by atoms with Crippen molar-refractivity contribution in [3.8, 4) is 0 Å². The van der Waals surface area contributed by atoms with E-state index in [0.717, 1.165) is 15.6 Å². The molecule has 3 heterocycles. The molecule has 0 radical (unpaired) electrons. The topological polar surface area (TPSA) is 70.0 Å². The smallest absolute Gasteiger partial charge is 0.240 e. The van der Waals surface area contributed by atoms with Crippen LogP contribution in [0.4, 0.5) is 5.69 Å². The predicted octanol–water partition coefficient (Wildman–Crippen LogP) is 4.86. The lowest BCUT2D eigenvalue weighted by Crippen LogP contribution is -2.44. The highest BCUT2D eigenvalue weighted by Gasteiger charge is 2.65. The van der Waals surface area contributed by atoms with Gasteiger partial charge in [-0.2, -0.15) is 5.10 Å². The zero-order chi connectivity index (χ0) is 23.6. The highest BCUT2D eigenvalue weighted by atomic mass is 79.9. The monoisotopic (exact) mass is 533 g/mol. The molecule has 3 aromatic rings. The lowest BCUT2D eigenvalue weighted by molar-refractivity contribution is -0.124. The molecule has 4 atom stereocenters. The number of imide groups is 1. The molecule has 0 spiro atoms. The van der Waals surface area contributed by atoms with Gasteiger partial charge in [0.15, 0.2) is 5.78 Å². The van der Waals surface area contributed by atoms with Crippen LogP contribution in [0.2, 0.25) is 5.02 Å². The zero-order valence-electron chi connectivity index (χ0n) is 17.6. The minimum absolute atomic E-state index is 0.260. The number of anilines is 1. The summed E-state index contributed by atoms with van der Waals surface area (Å²) in [6, 6.07) is 19.8. The molecule has 0 N–H and O–H groups in total. The Morgan fingerprint density at radius 1 is 0.882 bits per heavy atom. The average Bonchev–Trinajstić information content (AvgIpc) is 3.32. The summed E-state index contributed by atoms with van der Waals surface area (Å²) in [5.74, 6) is -2.54. The summed E-state index contributed by atoms with van der Waals surface area (Å²) < 4.78 is 0.841. The molecule has 168 valence electrons. The molecular formula is C26H17BrClN3O3. The summed E-state index contributed by atoms with van der Waals surface area (Å²) in [6.07, 6.45) is 1.69. The van der Waals surface area contributed by atoms with Gasteiger partial charge >= 0.3 is 0 Å². The Hall–Kier alpha value is -3.29. The van der Waals surface area contributed by atoms with Crippen LogP contribution < -0.4 is 4.90 Å². The minimum Gasteiger partial charge on any atom is -0.292 e. The third-order valence-corrected chi connectivity index (χ3v) is 7.56. The van der Waals surface area contributed by atoms with Crippen LogP contribution in [0.1, 0.15) is 27.5 Å². The second-order valence-corrected chi connectivity index (χ2v) is 9.91. The van der Waals surface area contributed by atoms with Crippen molar-refractivity contribution in [1.82, 2.24) is 5.01 Å². The normalized spacial score (nSPS) is 24.8. The molecule has 2 fully saturated rings. The molecule has 2 saturated heterocycles. The largest absolute Gasteiger partial charge is 0.292 e. The maximum absolute atomic E-state index is 13.8. The van der Waals surface area contributed by atoms with Crippen molar-refractivity contribution in [3.63, 3.8) is 0 Å². The molecule has 34 heavy (non-hydrogen) atoms. The molecular weight excluding hydrogens is 518 g/mol. The standard InChI is InChI=1S/C26H17BrClN3O3/c27-16-7-11-18(12-8-16)30-25(33)20-21(26(30)34)23(24(32)14-5-9-17(28)10-6-14)31-22(20)19-4-2-1-3-15(19)13-29-31/h1-13,20-23H/t20-,21+,22+,23-/m0/s1. The fraction of sp³-hybridized carbons (Fsp3) is 0.154. The molecule has 0 aliphatic carbocycles. The van der Waals surface area contributed by atoms with Gasteiger partial charge in [-0.1, -0.05) is 51.8 Å². The maximum Gasteiger partial charge on any atom is 0.240 e. The van der Waals surface area contributed by atoms with Crippen LogP contribution in [-0.4, -0.2) is 34.9 Å². The Labute approximate surface area is 208 Å². The number of hydrogen-bond donors (Lipinski definition) is 0. The number of nitrogens with zero attached hydrogens (tertiary/aromatic N) is 3. The summed E-state index contributed by atoms with van der Waals surface area (Å²) in [5.41, 5.74) is 2.68. The van der Waals surface area contributed by atoms with Crippen LogP contribution in [-0.2, 0) is 9.59 Å². The van der Waals surface area contributed by atoms with Gasteiger partial charge in [0.2, 0.25) is 11.8 Å². The highest BCUT2D eigenvalue weighted by Crippen LogP contribution is 2.53. The van der Waals surface area contributed by atoms with Gasteiger partial charge in [0.25, 0.3) is 0 Å². The molecule has 0 bridgehead atoms. The molecule has 6 nitrogen and oxygen atoms in total. The summed E-state index contributed by atoms with van der Waals surface area (Å²) in [4.78, 5) is 42.5. The molecule has 6 rings (SSSR count). The highest BCUT2D eigenvalue weighted by molar-refractivity contribution is 9.10. The second-order valence-electron chi connectivity index (χ2n) is 8.55. The Bertz CT molecular complexity index is 1370. The predicted molar refractivity (Wildman–Crippen MR) is 132 cm³/mol. The minimum atomic E-state index is -0.905. The first kappa shape index (κ1) is 21.3. The van der Waals surface area contributed by atoms with Gasteiger partial charge in [-0.15, -0.1) is 0 Å². The molecule has 3 aromatic carbocycles. The third-order valence-electron chi connectivity index (χ3n) is 6.78. The zero-order valence-corrected chi connectivity index (χ0v) is 20.0. The molecule has 8 heteroatoms. The lowest BCUT2D eigenvalue weighted by atomic mass is 9.83. The van der Waals surface area contributed by atoms with Crippen molar-refractivity contribution >= 4 is 57.0 Å². The SMILES string of the molecule is O=C(c1ccc(Cl)cc1)[C@@H]1[C@@H]2C(=O)N(c3ccc(Br)cc3)C(=O)[C@@H]2[C@H]2c3ccccc3C=NN12. The van der Waals surface area contributed by atoms with E-state index in [9.17, 15) is 14.4 Å². The number of hydrogen-bond acceptors (Lipinski definition) is 5. The van der Waals surface area contributed by atoms with Crippen LogP contribution in [0.5, 0.6) is 0 Å². The molecule has 3 aliphatic rings. The number of carbonyl (C=O) groups excluding carboxylic acids is 3. The van der Waals surface area contributed by atoms with Gasteiger partial charge in [0.05, 0.1) is 29.8 Å². The number of halogens is 2. The number of Topliss-reactive ketones (excluding diaryl/α,β-unsaturated/α-hetero) is 1. The Morgan fingerprint density at radius 3 is 2.29 bits per heavy atom. The van der Waals surface area contributed by atoms with E-state index in [1.54, 1.807) is 59.8 Å². The van der Waals surface area contributed by atoms with Gasteiger partial charge in [-0.3, -0.25) is 19.4 Å². The summed E-state index contributed by atoms with van der Waals surface area (Å²) >= 11 is 9.41. The lowest BCUT2D eigenvalue weighted by Gasteiger charge is -2.33. The van der Waals surface area contributed by atoms with E-state index in [2.05, 4.69) is 21.0 Å². The van der Waals surface area contributed by atoms with E-state index in [0.29, 0.717) is 16.3 Å². The Morgan fingerprint density at radius 2 is 1.56 bits per heavy atom. The van der Waals surface area contributed by atoms with Gasteiger partial charge < -0.3 is 0 Å². The van der Waals surface area contributed by atoms with Crippen molar-refractivity contribution in [2.75, 3.05) is 4.90 Å². The number of hydrazone groups is 1. The average molecular weight is 535 g/mol. The number of fused-ring (bicyclic) bond motifs is 5. The summed E-state index contributed by atoms with van der Waals surface area (Å²) in [7, 11) is 0. The van der Waals surface area contributed by atoms with Gasteiger partial charge in [-0.05, 0) is 59.7 Å². The number of amides is 2. The van der Waals surface area contributed by atoms with Crippen molar-refractivity contribution in [3.05, 3.63) is 99.0 Å². The van der Waals surface area contributed by atoms with Gasteiger partial charge in [-0.25, -0.2) is 4.90 Å². The van der Waals surface area contributed by atoms with Crippen LogP contribution in [0, 0.1) is 11.8 Å². The van der Waals surface area contributed by atoms with E-state index >= 15 is 0 Å². The first-order valence-corrected chi connectivity index (χ1v) is 12.0. The van der Waals surface area contributed by atoms with Crippen molar-refractivity contribution in [2.45, 2.75) is 12.1 Å². The molecule has 2 amide bonds. The molecule has 3 aliphatic heterocycles. The summed E-state index contributed by atoms with van der Waals surface area (Å²) in [6.45, 7) is 0. The van der Waals surface area contributed by atoms with Crippen LogP contribution >= 0.6 is 27.5 Å². The number of carbonyl (C=O) groups is 3. The first-order valence-electron chi connectivity index (χ1n) is 10.8. The van der Waals surface area contributed by atoms with Crippen LogP contribution in [0.25, 0.3) is 0 Å². The van der Waals surface area contributed by atoms with E-state index in [-0.39, 0.29) is 17.6 Å². The molecule has 0 unspecified atom stereocenters. The van der Waals surface area contributed by atoms with E-state index < -0.39 is 23.9 Å². The Balaban J connectivity index is 1.49. The Kier molecular flexibility index (Phi) is 4.93. The second kappa shape index (κ2) is 7.89. The van der Waals surface area contributed by atoms with E-state index in [1.165, 1.54) is 4.90 Å². The van der Waals surface area contributed by atoms with Gasteiger partial charge in [0, 0.05) is 15.1 Å². The maximum atomic E-state index is 13.8. The molecule has 0 saturated carbocycles. The van der Waals surface area contributed by atoms with Crippen molar-refractivity contribution in [2.24, 2.45) is 16.9 Å². The molecule has 0 aromatic heterocycles. The van der Waals surface area contributed by atoms with E-state index in [1.807, 2.05) is 24.3 Å². The third kappa shape index (κ3) is 3.07. The van der Waals surface area contributed by atoms with Gasteiger partial charge in [0.1, 0.15) is 6.04 Å². The van der Waals surface area contributed by atoms with E-state index in [4.69, 9.17) is 11.6 Å². The quantitative estimate of drug-likeness (QED) is 0.355. The fourth-order valence-electron chi connectivity index (χ4n) is 5.30. The summed E-state index contributed by atoms with van der Waals surface area (Å²) in [5, 5.41) is 6.74. The van der Waals surface area contributed by atoms with Crippen LogP contribution in [0.3, 0.4) is 0 Å². The number of ketones is 1. The number of benzene rings is 3. The van der Waals surface area contributed by atoms with Crippen molar-refractivity contribution < 1.29 is 14.4 Å². The number of rotatable bonds is 3. The van der Waals surface area contributed by atoms with Crippen LogP contribution in [0.15, 0.2) is 82.4 Å². The fourth-order valence-corrected chi connectivity index (χ4v) is 5.69. The van der Waals surface area contributed by atoms with Crippen molar-refractivity contribution in [1.29, 1.82) is 0 Å².